The molecule has 0 aromatic heterocycles. The lowest BCUT2D eigenvalue weighted by molar-refractivity contribution is -0.131. The fraction of sp³-hybridized carbons (Fsp3) is 0.375. The average Bonchev–Trinajstić information content (AvgIpc) is 2.76. The molecule has 170 valence electrons. The van der Waals surface area contributed by atoms with Crippen LogP contribution in [0.3, 0.4) is 0 Å². The van der Waals surface area contributed by atoms with E-state index in [2.05, 4.69) is 33.5 Å². The van der Waals surface area contributed by atoms with Gasteiger partial charge in [0.15, 0.2) is 6.10 Å². The van der Waals surface area contributed by atoms with Crippen molar-refractivity contribution in [3.05, 3.63) is 58.6 Å². The summed E-state index contributed by atoms with van der Waals surface area (Å²) in [5.74, 6) is -0.207. The van der Waals surface area contributed by atoms with Crippen LogP contribution in [-0.4, -0.2) is 36.9 Å². The quantitative estimate of drug-likeness (QED) is 0.512. The topological polar surface area (TPSA) is 87.7 Å². The second-order valence-corrected chi connectivity index (χ2v) is 8.57. The lowest BCUT2D eigenvalue weighted by Gasteiger charge is -2.38. The second kappa shape index (κ2) is 11.1. The zero-order valence-corrected chi connectivity index (χ0v) is 19.9. The molecule has 1 aliphatic heterocycles. The number of nitrogens with zero attached hydrogens (tertiary/aromatic N) is 1. The molecule has 2 atom stereocenters. The molecular formula is C24H28BrN3O4. The SMILES string of the molecule is CCCCNC(=O)[C@H](c1cccc(Br)c1)N1C(=O)[C@@H](CCNC(C)=O)Oc2ccccc21. The minimum Gasteiger partial charge on any atom is -0.478 e. The van der Waals surface area contributed by atoms with Gasteiger partial charge in [-0.25, -0.2) is 0 Å². The van der Waals surface area contributed by atoms with Gasteiger partial charge < -0.3 is 15.4 Å². The van der Waals surface area contributed by atoms with Crippen molar-refractivity contribution >= 4 is 39.3 Å². The van der Waals surface area contributed by atoms with Gasteiger partial charge in [-0.05, 0) is 36.2 Å². The molecule has 32 heavy (non-hydrogen) atoms. The van der Waals surface area contributed by atoms with Crippen LogP contribution in [0.4, 0.5) is 5.69 Å². The number of nitrogens with one attached hydrogen (secondary N) is 2. The first-order chi connectivity index (χ1) is 15.4. The molecule has 2 aromatic carbocycles. The van der Waals surface area contributed by atoms with Gasteiger partial charge >= 0.3 is 0 Å². The highest BCUT2D eigenvalue weighted by Gasteiger charge is 2.41. The molecule has 0 aliphatic carbocycles. The van der Waals surface area contributed by atoms with E-state index in [4.69, 9.17) is 4.74 Å². The molecule has 0 unspecified atom stereocenters. The van der Waals surface area contributed by atoms with E-state index in [1.807, 2.05) is 36.4 Å². The summed E-state index contributed by atoms with van der Waals surface area (Å²) >= 11 is 3.47. The normalized spacial score (nSPS) is 16.0. The number of ether oxygens (including phenoxy) is 1. The van der Waals surface area contributed by atoms with Crippen molar-refractivity contribution in [3.63, 3.8) is 0 Å². The highest BCUT2D eigenvalue weighted by atomic mass is 79.9. The maximum Gasteiger partial charge on any atom is 0.269 e. The molecule has 7 nitrogen and oxygen atoms in total. The number of halogens is 1. The Bertz CT molecular complexity index is 981. The molecule has 2 aromatic rings. The van der Waals surface area contributed by atoms with E-state index >= 15 is 0 Å². The Morgan fingerprint density at radius 2 is 1.91 bits per heavy atom. The Kier molecular flexibility index (Phi) is 8.27. The molecule has 0 bridgehead atoms. The third-order valence-electron chi connectivity index (χ3n) is 5.19. The summed E-state index contributed by atoms with van der Waals surface area (Å²) in [4.78, 5) is 39.8. The van der Waals surface area contributed by atoms with Gasteiger partial charge in [0.2, 0.25) is 11.8 Å². The van der Waals surface area contributed by atoms with Gasteiger partial charge in [-0.3, -0.25) is 19.3 Å². The van der Waals surface area contributed by atoms with Crippen LogP contribution in [0.5, 0.6) is 5.75 Å². The Balaban J connectivity index is 2.00. The number of amides is 3. The minimum atomic E-state index is -0.856. The zero-order chi connectivity index (χ0) is 23.1. The molecule has 0 radical (unpaired) electrons. The van der Waals surface area contributed by atoms with E-state index in [9.17, 15) is 14.4 Å². The lowest BCUT2D eigenvalue weighted by Crippen LogP contribution is -2.52. The van der Waals surface area contributed by atoms with Crippen LogP contribution in [-0.2, 0) is 14.4 Å². The first-order valence-electron chi connectivity index (χ1n) is 10.8. The van der Waals surface area contributed by atoms with E-state index in [-0.39, 0.29) is 17.7 Å². The van der Waals surface area contributed by atoms with E-state index in [1.54, 1.807) is 12.1 Å². The standard InChI is InChI=1S/C24H28BrN3O4/c1-3-4-13-27-23(30)22(17-8-7-9-18(25)15-17)28-19-10-5-6-11-20(19)32-21(24(28)31)12-14-26-16(2)29/h5-11,15,21-22H,3-4,12-14H2,1-2H3,(H,26,29)(H,27,30)/t21-,22+/m1/s1. The number of carbonyl (C=O) groups excluding carboxylic acids is 3. The van der Waals surface area contributed by atoms with Gasteiger partial charge in [-0.2, -0.15) is 0 Å². The van der Waals surface area contributed by atoms with Crippen molar-refractivity contribution in [2.24, 2.45) is 0 Å². The summed E-state index contributed by atoms with van der Waals surface area (Å²) in [7, 11) is 0. The highest BCUT2D eigenvalue weighted by molar-refractivity contribution is 9.10. The largest absolute Gasteiger partial charge is 0.478 e. The molecule has 0 fully saturated rings. The Morgan fingerprint density at radius 1 is 1.12 bits per heavy atom. The van der Waals surface area contributed by atoms with Gasteiger partial charge in [0.1, 0.15) is 11.8 Å². The van der Waals surface area contributed by atoms with Crippen LogP contribution in [0, 0.1) is 0 Å². The van der Waals surface area contributed by atoms with Gasteiger partial charge in [0, 0.05) is 30.9 Å². The number of anilines is 1. The molecule has 3 amide bonds. The van der Waals surface area contributed by atoms with E-state index < -0.39 is 12.1 Å². The van der Waals surface area contributed by atoms with Crippen LogP contribution < -0.4 is 20.3 Å². The van der Waals surface area contributed by atoms with Crippen molar-refractivity contribution in [1.82, 2.24) is 10.6 Å². The van der Waals surface area contributed by atoms with Gasteiger partial charge in [0.25, 0.3) is 5.91 Å². The van der Waals surface area contributed by atoms with Crippen molar-refractivity contribution in [2.45, 2.75) is 45.3 Å². The molecular weight excluding hydrogens is 474 g/mol. The summed E-state index contributed by atoms with van der Waals surface area (Å²) in [5, 5.41) is 5.68. The number of carbonyl (C=O) groups is 3. The number of rotatable bonds is 9. The van der Waals surface area contributed by atoms with Crippen LogP contribution in [0.1, 0.15) is 44.7 Å². The lowest BCUT2D eigenvalue weighted by atomic mass is 10.00. The van der Waals surface area contributed by atoms with Crippen LogP contribution in [0.15, 0.2) is 53.0 Å². The van der Waals surface area contributed by atoms with Crippen molar-refractivity contribution in [1.29, 1.82) is 0 Å². The second-order valence-electron chi connectivity index (χ2n) is 7.66. The first-order valence-corrected chi connectivity index (χ1v) is 11.6. The predicted octanol–water partition coefficient (Wildman–Crippen LogP) is 3.73. The number of para-hydroxylation sites is 2. The number of hydrogen-bond donors (Lipinski definition) is 2. The summed E-state index contributed by atoms with van der Waals surface area (Å²) in [6.45, 7) is 4.31. The maximum atomic E-state index is 13.6. The fourth-order valence-electron chi connectivity index (χ4n) is 3.64. The van der Waals surface area contributed by atoms with Gasteiger partial charge in [0.05, 0.1) is 5.69 Å². The summed E-state index contributed by atoms with van der Waals surface area (Å²) in [5.41, 5.74) is 1.24. The molecule has 2 N–H and O–H groups in total. The molecule has 1 heterocycles. The van der Waals surface area contributed by atoms with Crippen molar-refractivity contribution in [2.75, 3.05) is 18.0 Å². The number of benzene rings is 2. The first kappa shape index (κ1) is 23.8. The van der Waals surface area contributed by atoms with E-state index in [1.165, 1.54) is 11.8 Å². The van der Waals surface area contributed by atoms with E-state index in [0.717, 1.165) is 17.3 Å². The van der Waals surface area contributed by atoms with Gasteiger partial charge in [-0.15, -0.1) is 0 Å². The summed E-state index contributed by atoms with van der Waals surface area (Å²) in [6, 6.07) is 13.8. The highest BCUT2D eigenvalue weighted by Crippen LogP contribution is 2.40. The van der Waals surface area contributed by atoms with E-state index in [0.29, 0.717) is 36.5 Å². The fourth-order valence-corrected chi connectivity index (χ4v) is 4.06. The third-order valence-corrected chi connectivity index (χ3v) is 5.68. The number of fused-ring (bicyclic) bond motifs is 1. The Morgan fingerprint density at radius 3 is 2.62 bits per heavy atom. The summed E-state index contributed by atoms with van der Waals surface area (Å²) in [6.07, 6.45) is 1.29. The van der Waals surface area contributed by atoms with Crippen LogP contribution >= 0.6 is 15.9 Å². The summed E-state index contributed by atoms with van der Waals surface area (Å²) < 4.78 is 6.78. The molecule has 0 saturated carbocycles. The monoisotopic (exact) mass is 501 g/mol. The Hall–Kier alpha value is -2.87. The van der Waals surface area contributed by atoms with Crippen molar-refractivity contribution in [3.8, 4) is 5.75 Å². The molecule has 3 rings (SSSR count). The average molecular weight is 502 g/mol. The maximum absolute atomic E-state index is 13.6. The molecule has 8 heteroatoms. The van der Waals surface area contributed by atoms with Crippen molar-refractivity contribution < 1.29 is 19.1 Å². The smallest absolute Gasteiger partial charge is 0.269 e. The predicted molar refractivity (Wildman–Crippen MR) is 126 cm³/mol. The third kappa shape index (κ3) is 5.68. The zero-order valence-electron chi connectivity index (χ0n) is 18.3. The Labute approximate surface area is 196 Å². The number of hydrogen-bond acceptors (Lipinski definition) is 4. The van der Waals surface area contributed by atoms with Crippen LogP contribution in [0.25, 0.3) is 0 Å². The molecule has 0 spiro atoms. The number of unbranched alkanes of at least 4 members (excludes halogenated alkanes) is 1. The van der Waals surface area contributed by atoms with Gasteiger partial charge in [-0.1, -0.05) is 53.5 Å². The molecule has 0 saturated heterocycles. The van der Waals surface area contributed by atoms with Crippen LogP contribution in [0.2, 0.25) is 0 Å². The molecule has 1 aliphatic rings. The minimum absolute atomic E-state index is 0.173.